The zero-order valence-electron chi connectivity index (χ0n) is 9.54. The van der Waals surface area contributed by atoms with Crippen LogP contribution in [0, 0.1) is 0 Å². The number of hydrogen-bond acceptors (Lipinski definition) is 1. The summed E-state index contributed by atoms with van der Waals surface area (Å²) >= 11 is 0. The van der Waals surface area contributed by atoms with Crippen LogP contribution in [-0.2, 0) is 17.1 Å². The largest absolute Gasteiger partial charge is 0.471 e. The second-order valence-corrected chi connectivity index (χ2v) is 3.75. The summed E-state index contributed by atoms with van der Waals surface area (Å²) in [5.41, 5.74) is -4.94. The quantitative estimate of drug-likeness (QED) is 0.770. The second kappa shape index (κ2) is 5.11. The number of hydrogen-bond donors (Lipinski definition) is 1. The Balaban J connectivity index is 3.30. The van der Waals surface area contributed by atoms with Crippen molar-refractivity contribution in [2.24, 2.45) is 0 Å². The van der Waals surface area contributed by atoms with E-state index in [2.05, 4.69) is 0 Å². The minimum atomic E-state index is -5.45. The molecule has 0 aliphatic carbocycles. The molecule has 118 valence electrons. The Hall–Kier alpha value is -1.94. The fraction of sp³-hybridized carbons (Fsp3) is 0.300. The van der Waals surface area contributed by atoms with Gasteiger partial charge < -0.3 is 5.32 Å². The van der Waals surface area contributed by atoms with Crippen LogP contribution in [0.3, 0.4) is 0 Å². The van der Waals surface area contributed by atoms with E-state index in [1.54, 1.807) is 0 Å². The van der Waals surface area contributed by atoms with Gasteiger partial charge in [0.15, 0.2) is 0 Å². The van der Waals surface area contributed by atoms with Crippen molar-refractivity contribution < 1.29 is 44.3 Å². The first kappa shape index (κ1) is 17.1. The minimum absolute atomic E-state index is 0.0289. The fourth-order valence-corrected chi connectivity index (χ4v) is 1.23. The van der Waals surface area contributed by atoms with Gasteiger partial charge in [0, 0.05) is 5.69 Å². The highest BCUT2D eigenvalue weighted by Gasteiger charge is 2.40. The van der Waals surface area contributed by atoms with Gasteiger partial charge in [0.2, 0.25) is 0 Å². The molecule has 0 saturated carbocycles. The third kappa shape index (κ3) is 4.53. The van der Waals surface area contributed by atoms with E-state index in [1.807, 2.05) is 0 Å². The summed E-state index contributed by atoms with van der Waals surface area (Å²) < 4.78 is 110. The van der Waals surface area contributed by atoms with Crippen molar-refractivity contribution in [3.8, 4) is 0 Å². The molecule has 0 unspecified atom stereocenters. The first-order valence-corrected chi connectivity index (χ1v) is 4.89. The van der Waals surface area contributed by atoms with Crippen molar-refractivity contribution >= 4 is 11.6 Å². The monoisotopic (exact) mass is 325 g/mol. The molecule has 21 heavy (non-hydrogen) atoms. The maximum Gasteiger partial charge on any atom is 0.471 e. The molecule has 0 atom stereocenters. The summed E-state index contributed by atoms with van der Waals surface area (Å²) in [6.45, 7) is 0. The summed E-state index contributed by atoms with van der Waals surface area (Å²) in [6.07, 6.45) is -15.9. The van der Waals surface area contributed by atoms with Crippen molar-refractivity contribution in [3.63, 3.8) is 0 Å². The van der Waals surface area contributed by atoms with Gasteiger partial charge in [0.25, 0.3) is 0 Å². The van der Waals surface area contributed by atoms with Gasteiger partial charge >= 0.3 is 24.4 Å². The molecule has 0 aliphatic rings. The molecule has 1 aromatic rings. The average Bonchev–Trinajstić information content (AvgIpc) is 2.24. The fourth-order valence-electron chi connectivity index (χ4n) is 1.23. The van der Waals surface area contributed by atoms with E-state index in [4.69, 9.17) is 0 Å². The number of nitrogens with one attached hydrogen (secondary N) is 1. The number of halogens is 9. The summed E-state index contributed by atoms with van der Waals surface area (Å²) in [4.78, 5) is 10.6. The molecule has 1 N–H and O–H groups in total. The maximum atomic E-state index is 12.4. The Bertz CT molecular complexity index is 509. The van der Waals surface area contributed by atoms with Crippen LogP contribution in [0.4, 0.5) is 45.2 Å². The molecule has 0 fully saturated rings. The second-order valence-electron chi connectivity index (χ2n) is 3.75. The van der Waals surface area contributed by atoms with Gasteiger partial charge in [-0.1, -0.05) is 0 Å². The SMILES string of the molecule is O=C(Nc1cc(C(F)(F)F)cc(C(F)(F)F)c1)C(F)(F)F. The van der Waals surface area contributed by atoms with Crippen molar-refractivity contribution in [1.29, 1.82) is 0 Å². The van der Waals surface area contributed by atoms with Crippen LogP contribution in [0.25, 0.3) is 0 Å². The highest BCUT2D eigenvalue weighted by molar-refractivity contribution is 5.95. The molecule has 11 heteroatoms. The van der Waals surface area contributed by atoms with Gasteiger partial charge in [0.1, 0.15) is 0 Å². The van der Waals surface area contributed by atoms with Gasteiger partial charge in [0.05, 0.1) is 11.1 Å². The molecule has 1 rings (SSSR count). The first-order chi connectivity index (χ1) is 9.21. The first-order valence-electron chi connectivity index (χ1n) is 4.89. The molecule has 1 aromatic carbocycles. The van der Waals surface area contributed by atoms with Crippen LogP contribution in [-0.4, -0.2) is 12.1 Å². The third-order valence-corrected chi connectivity index (χ3v) is 2.10. The number of benzene rings is 1. The van der Waals surface area contributed by atoms with Crippen molar-refractivity contribution in [2.45, 2.75) is 18.5 Å². The predicted octanol–water partition coefficient (Wildman–Crippen LogP) is 4.23. The van der Waals surface area contributed by atoms with Crippen molar-refractivity contribution in [2.75, 3.05) is 5.32 Å². The Kier molecular flexibility index (Phi) is 4.17. The highest BCUT2D eigenvalue weighted by Crippen LogP contribution is 2.37. The number of anilines is 1. The van der Waals surface area contributed by atoms with Gasteiger partial charge in [-0.25, -0.2) is 0 Å². The van der Waals surface area contributed by atoms with Gasteiger partial charge in [-0.2, -0.15) is 39.5 Å². The van der Waals surface area contributed by atoms with E-state index in [9.17, 15) is 44.3 Å². The molecule has 0 aromatic heterocycles. The molecule has 0 radical (unpaired) electrons. The molecule has 0 bridgehead atoms. The van der Waals surface area contributed by atoms with E-state index < -0.39 is 41.3 Å². The highest BCUT2D eigenvalue weighted by atomic mass is 19.4. The molecular weight excluding hydrogens is 321 g/mol. The van der Waals surface area contributed by atoms with E-state index >= 15 is 0 Å². The smallest absolute Gasteiger partial charge is 0.318 e. The summed E-state index contributed by atoms with van der Waals surface area (Å²) in [6, 6.07) is -0.332. The molecule has 1 amide bonds. The van der Waals surface area contributed by atoms with Gasteiger partial charge in [-0.3, -0.25) is 4.79 Å². The van der Waals surface area contributed by atoms with Crippen LogP contribution in [0.5, 0.6) is 0 Å². The Labute approximate surface area is 110 Å². The lowest BCUT2D eigenvalue weighted by molar-refractivity contribution is -0.167. The van der Waals surface area contributed by atoms with Crippen LogP contribution < -0.4 is 5.32 Å². The van der Waals surface area contributed by atoms with Crippen LogP contribution >= 0.6 is 0 Å². The Morgan fingerprint density at radius 2 is 1.14 bits per heavy atom. The van der Waals surface area contributed by atoms with Crippen LogP contribution in [0.15, 0.2) is 18.2 Å². The summed E-state index contributed by atoms with van der Waals surface area (Å²) in [5.74, 6) is -2.69. The zero-order chi connectivity index (χ0) is 16.6. The third-order valence-electron chi connectivity index (χ3n) is 2.10. The molecule has 0 heterocycles. The zero-order valence-corrected chi connectivity index (χ0v) is 9.54. The van der Waals surface area contributed by atoms with Gasteiger partial charge in [-0.05, 0) is 18.2 Å². The lowest BCUT2D eigenvalue weighted by Crippen LogP contribution is -2.30. The minimum Gasteiger partial charge on any atom is -0.318 e. The normalized spacial score (nSPS) is 13.2. The number of rotatable bonds is 1. The molecule has 2 nitrogen and oxygen atoms in total. The van der Waals surface area contributed by atoms with E-state index in [-0.39, 0.29) is 18.2 Å². The van der Waals surface area contributed by atoms with E-state index in [0.29, 0.717) is 0 Å². The topological polar surface area (TPSA) is 29.1 Å². The molecular formula is C10H4F9NO. The summed E-state index contributed by atoms with van der Waals surface area (Å²) in [5, 5.41) is 0.943. The van der Waals surface area contributed by atoms with Crippen molar-refractivity contribution in [1.82, 2.24) is 0 Å². The molecule has 0 aliphatic heterocycles. The molecule has 0 saturated heterocycles. The predicted molar refractivity (Wildman–Crippen MR) is 51.1 cm³/mol. The Morgan fingerprint density at radius 3 is 1.43 bits per heavy atom. The Morgan fingerprint density at radius 1 is 0.762 bits per heavy atom. The number of alkyl halides is 9. The van der Waals surface area contributed by atoms with Crippen LogP contribution in [0.1, 0.15) is 11.1 Å². The number of amides is 1. The standard InChI is InChI=1S/C10H4F9NO/c11-8(12,13)4-1-5(9(14,15)16)3-6(2-4)20-7(21)10(17,18)19/h1-3H,(H,20,21). The lowest BCUT2D eigenvalue weighted by atomic mass is 10.1. The van der Waals surface area contributed by atoms with E-state index in [0.717, 1.165) is 5.32 Å². The lowest BCUT2D eigenvalue weighted by Gasteiger charge is -2.15. The van der Waals surface area contributed by atoms with E-state index in [1.165, 1.54) is 0 Å². The number of carbonyl (C=O) groups excluding carboxylic acids is 1. The summed E-state index contributed by atoms with van der Waals surface area (Å²) in [7, 11) is 0. The number of carbonyl (C=O) groups is 1. The van der Waals surface area contributed by atoms with Crippen LogP contribution in [0.2, 0.25) is 0 Å². The van der Waals surface area contributed by atoms with Crippen molar-refractivity contribution in [3.05, 3.63) is 29.3 Å². The average molecular weight is 325 g/mol. The van der Waals surface area contributed by atoms with Gasteiger partial charge in [-0.15, -0.1) is 0 Å². The maximum absolute atomic E-state index is 12.4. The molecule has 0 spiro atoms.